The van der Waals surface area contributed by atoms with Crippen molar-refractivity contribution in [2.24, 2.45) is 0 Å². The van der Waals surface area contributed by atoms with Crippen molar-refractivity contribution < 1.29 is 4.79 Å². The second-order valence-electron chi connectivity index (χ2n) is 4.80. The zero-order valence-electron chi connectivity index (χ0n) is 11.8. The fourth-order valence-electron chi connectivity index (χ4n) is 2.12. The lowest BCUT2D eigenvalue weighted by Gasteiger charge is -2.06. The Morgan fingerprint density at radius 1 is 1.05 bits per heavy atom. The van der Waals surface area contributed by atoms with Crippen molar-refractivity contribution in [2.75, 3.05) is 5.32 Å². The zero-order chi connectivity index (χ0) is 15.4. The number of anilines is 1. The molecule has 0 bridgehead atoms. The number of carbonyl (C=O) groups is 1. The minimum atomic E-state index is -0.238. The molecule has 22 heavy (non-hydrogen) atoms. The van der Waals surface area contributed by atoms with Gasteiger partial charge in [-0.15, -0.1) is 5.10 Å². The molecule has 2 aromatic carbocycles. The first-order chi connectivity index (χ1) is 10.7. The van der Waals surface area contributed by atoms with E-state index in [-0.39, 0.29) is 24.4 Å². The van der Waals surface area contributed by atoms with Gasteiger partial charge in [-0.2, -0.15) is 0 Å². The van der Waals surface area contributed by atoms with Crippen LogP contribution in [-0.4, -0.2) is 20.9 Å². The summed E-state index contributed by atoms with van der Waals surface area (Å²) < 4.78 is 1.22. The minimum absolute atomic E-state index is 0.155. The van der Waals surface area contributed by atoms with E-state index in [1.165, 1.54) is 4.68 Å². The molecule has 1 aromatic heterocycles. The summed E-state index contributed by atoms with van der Waals surface area (Å²) in [6.07, 6.45) is 0.155. The number of hydrogen-bond donors (Lipinski definition) is 1. The Bertz CT molecular complexity index is 859. The van der Waals surface area contributed by atoms with Crippen LogP contribution >= 0.6 is 0 Å². The molecule has 3 aromatic rings. The van der Waals surface area contributed by atoms with E-state index in [0.717, 1.165) is 5.69 Å². The molecular weight excluding hydrogens is 280 g/mol. The third-order valence-electron chi connectivity index (χ3n) is 3.24. The average molecular weight is 294 g/mol. The van der Waals surface area contributed by atoms with Gasteiger partial charge < -0.3 is 5.32 Å². The normalized spacial score (nSPS) is 10.5. The number of rotatable bonds is 4. The number of aromatic nitrogens is 3. The van der Waals surface area contributed by atoms with E-state index < -0.39 is 0 Å². The summed E-state index contributed by atoms with van der Waals surface area (Å²) >= 11 is 0. The van der Waals surface area contributed by atoms with Crippen molar-refractivity contribution in [3.05, 3.63) is 65.0 Å². The lowest BCUT2D eigenvalue weighted by atomic mass is 10.2. The van der Waals surface area contributed by atoms with Crippen LogP contribution < -0.4 is 10.9 Å². The quantitative estimate of drug-likeness (QED) is 0.796. The molecular formula is C16H14N4O2. The van der Waals surface area contributed by atoms with Gasteiger partial charge in [-0.1, -0.05) is 35.5 Å². The van der Waals surface area contributed by atoms with Gasteiger partial charge in [-0.05, 0) is 24.3 Å². The molecule has 0 spiro atoms. The van der Waals surface area contributed by atoms with Gasteiger partial charge in [0.2, 0.25) is 5.91 Å². The Labute approximate surface area is 126 Å². The summed E-state index contributed by atoms with van der Waals surface area (Å²) in [4.78, 5) is 24.1. The van der Waals surface area contributed by atoms with E-state index >= 15 is 0 Å². The van der Waals surface area contributed by atoms with Gasteiger partial charge in [0.25, 0.3) is 5.56 Å². The Morgan fingerprint density at radius 3 is 2.59 bits per heavy atom. The van der Waals surface area contributed by atoms with E-state index in [0.29, 0.717) is 10.9 Å². The summed E-state index contributed by atoms with van der Waals surface area (Å²) in [6, 6.07) is 16.2. The number of amides is 1. The van der Waals surface area contributed by atoms with E-state index in [1.807, 2.05) is 18.2 Å². The van der Waals surface area contributed by atoms with Crippen LogP contribution in [0.15, 0.2) is 59.4 Å². The van der Waals surface area contributed by atoms with Crippen LogP contribution in [0.3, 0.4) is 0 Å². The van der Waals surface area contributed by atoms with Crippen molar-refractivity contribution >= 4 is 22.5 Å². The van der Waals surface area contributed by atoms with Gasteiger partial charge in [0.15, 0.2) is 0 Å². The first kappa shape index (κ1) is 13.9. The highest BCUT2D eigenvalue weighted by molar-refractivity contribution is 5.90. The number of nitrogens with zero attached hydrogens (tertiary/aromatic N) is 3. The number of carbonyl (C=O) groups excluding carboxylic acids is 1. The molecule has 0 atom stereocenters. The highest BCUT2D eigenvalue weighted by atomic mass is 16.2. The standard InChI is InChI=1S/C16H14N4O2/c21-15(17-12-6-2-1-3-7-12)10-11-20-16(22)13-8-4-5-9-14(13)18-19-20/h1-9H,10-11H2,(H,17,21). The molecule has 0 radical (unpaired) electrons. The van der Waals surface area contributed by atoms with Gasteiger partial charge >= 0.3 is 0 Å². The molecule has 6 heteroatoms. The first-order valence-electron chi connectivity index (χ1n) is 6.91. The molecule has 0 unspecified atom stereocenters. The van der Waals surface area contributed by atoms with Gasteiger partial charge in [-0.25, -0.2) is 4.68 Å². The average Bonchev–Trinajstić information content (AvgIpc) is 2.55. The molecule has 0 saturated heterocycles. The first-order valence-corrected chi connectivity index (χ1v) is 6.91. The summed E-state index contributed by atoms with van der Waals surface area (Å²) in [6.45, 7) is 0.190. The van der Waals surface area contributed by atoms with E-state index in [1.54, 1.807) is 36.4 Å². The largest absolute Gasteiger partial charge is 0.326 e. The third kappa shape index (κ3) is 3.01. The number of hydrogen-bond acceptors (Lipinski definition) is 4. The third-order valence-corrected chi connectivity index (χ3v) is 3.24. The topological polar surface area (TPSA) is 76.9 Å². The minimum Gasteiger partial charge on any atom is -0.326 e. The zero-order valence-corrected chi connectivity index (χ0v) is 11.8. The van der Waals surface area contributed by atoms with Crippen LogP contribution in [0.2, 0.25) is 0 Å². The predicted octanol–water partition coefficient (Wildman–Crippen LogP) is 1.82. The second kappa shape index (κ2) is 6.17. The van der Waals surface area contributed by atoms with E-state index in [4.69, 9.17) is 0 Å². The summed E-state index contributed by atoms with van der Waals surface area (Å²) in [5.41, 5.74) is 1.04. The molecule has 6 nitrogen and oxygen atoms in total. The Morgan fingerprint density at radius 2 is 1.77 bits per heavy atom. The van der Waals surface area contributed by atoms with Crippen LogP contribution in [0.1, 0.15) is 6.42 Å². The number of fused-ring (bicyclic) bond motifs is 1. The highest BCUT2D eigenvalue weighted by Gasteiger charge is 2.07. The monoisotopic (exact) mass is 294 g/mol. The summed E-state index contributed by atoms with van der Waals surface area (Å²) in [5.74, 6) is -0.173. The Hall–Kier alpha value is -3.02. The van der Waals surface area contributed by atoms with Crippen LogP contribution in [0.4, 0.5) is 5.69 Å². The van der Waals surface area contributed by atoms with Crippen molar-refractivity contribution in [1.82, 2.24) is 15.0 Å². The fourth-order valence-corrected chi connectivity index (χ4v) is 2.12. The fraction of sp³-hybridized carbons (Fsp3) is 0.125. The molecule has 110 valence electrons. The molecule has 1 N–H and O–H groups in total. The van der Waals surface area contributed by atoms with Crippen molar-refractivity contribution in [3.63, 3.8) is 0 Å². The molecule has 3 rings (SSSR count). The molecule has 0 aliphatic carbocycles. The Balaban J connectivity index is 1.70. The van der Waals surface area contributed by atoms with Crippen LogP contribution in [0, 0.1) is 0 Å². The van der Waals surface area contributed by atoms with E-state index in [2.05, 4.69) is 15.6 Å². The van der Waals surface area contributed by atoms with Gasteiger partial charge in [0, 0.05) is 12.1 Å². The van der Waals surface area contributed by atoms with Crippen LogP contribution in [-0.2, 0) is 11.3 Å². The predicted molar refractivity (Wildman–Crippen MR) is 83.5 cm³/mol. The maximum atomic E-state index is 12.2. The number of aryl methyl sites for hydroxylation is 1. The molecule has 0 fully saturated rings. The van der Waals surface area contributed by atoms with Gasteiger partial charge in [0.1, 0.15) is 5.52 Å². The maximum Gasteiger partial charge on any atom is 0.277 e. The summed E-state index contributed by atoms with van der Waals surface area (Å²) in [5, 5.41) is 11.1. The van der Waals surface area contributed by atoms with E-state index in [9.17, 15) is 9.59 Å². The van der Waals surface area contributed by atoms with Crippen LogP contribution in [0.25, 0.3) is 10.9 Å². The van der Waals surface area contributed by atoms with Gasteiger partial charge in [-0.3, -0.25) is 9.59 Å². The highest BCUT2D eigenvalue weighted by Crippen LogP contribution is 2.06. The number of benzene rings is 2. The maximum absolute atomic E-state index is 12.2. The molecule has 0 aliphatic rings. The molecule has 1 amide bonds. The lowest BCUT2D eigenvalue weighted by Crippen LogP contribution is -2.26. The molecule has 0 aliphatic heterocycles. The van der Waals surface area contributed by atoms with Crippen molar-refractivity contribution in [3.8, 4) is 0 Å². The van der Waals surface area contributed by atoms with Crippen LogP contribution in [0.5, 0.6) is 0 Å². The lowest BCUT2D eigenvalue weighted by molar-refractivity contribution is -0.116. The SMILES string of the molecule is O=C(CCn1nnc2ccccc2c1=O)Nc1ccccc1. The van der Waals surface area contributed by atoms with Crippen molar-refractivity contribution in [2.45, 2.75) is 13.0 Å². The molecule has 0 saturated carbocycles. The summed E-state index contributed by atoms with van der Waals surface area (Å²) in [7, 11) is 0. The smallest absolute Gasteiger partial charge is 0.277 e. The van der Waals surface area contributed by atoms with Gasteiger partial charge in [0.05, 0.1) is 11.9 Å². The second-order valence-corrected chi connectivity index (χ2v) is 4.80. The van der Waals surface area contributed by atoms with Crippen molar-refractivity contribution in [1.29, 1.82) is 0 Å². The Kier molecular flexibility index (Phi) is 3.91. The molecule has 1 heterocycles. The number of nitrogens with one attached hydrogen (secondary N) is 1. The number of para-hydroxylation sites is 1.